The number of hydrogen-bond donors (Lipinski definition) is 2. The lowest BCUT2D eigenvalue weighted by Crippen LogP contribution is -2.22. The van der Waals surface area contributed by atoms with Gasteiger partial charge < -0.3 is 10.8 Å². The summed E-state index contributed by atoms with van der Waals surface area (Å²) in [5, 5.41) is 8.99. The van der Waals surface area contributed by atoms with Crippen molar-refractivity contribution >= 4 is 27.5 Å². The van der Waals surface area contributed by atoms with Crippen LogP contribution in [0.5, 0.6) is 0 Å². The molecular weight excluding hydrogens is 284 g/mol. The maximum atomic E-state index is 12.0. The van der Waals surface area contributed by atoms with Crippen LogP contribution in [0.4, 0.5) is 5.69 Å². The summed E-state index contributed by atoms with van der Waals surface area (Å²) in [4.78, 5) is 0.953. The maximum absolute atomic E-state index is 12.0. The quantitative estimate of drug-likeness (QED) is 0.610. The van der Waals surface area contributed by atoms with Gasteiger partial charge in [0.1, 0.15) is 0 Å². The van der Waals surface area contributed by atoms with Crippen LogP contribution >= 0.6 is 11.8 Å². The van der Waals surface area contributed by atoms with Crippen LogP contribution in [0, 0.1) is 5.92 Å². The van der Waals surface area contributed by atoms with Gasteiger partial charge in [-0.05, 0) is 24.1 Å². The Balaban J connectivity index is 3.01. The first kappa shape index (κ1) is 16.3. The van der Waals surface area contributed by atoms with Crippen LogP contribution in [0.3, 0.4) is 0 Å². The van der Waals surface area contributed by atoms with Crippen LogP contribution < -0.4 is 5.73 Å². The van der Waals surface area contributed by atoms with E-state index in [9.17, 15) is 8.42 Å². The number of aliphatic hydroxyl groups excluding tert-OH is 1. The van der Waals surface area contributed by atoms with Crippen molar-refractivity contribution in [3.63, 3.8) is 0 Å². The van der Waals surface area contributed by atoms with Crippen molar-refractivity contribution in [1.82, 2.24) is 4.31 Å². The number of nitrogens with two attached hydrogens (primary N) is 1. The number of sulfonamides is 1. The monoisotopic (exact) mass is 304 g/mol. The first-order valence-corrected chi connectivity index (χ1v) is 8.27. The smallest absolute Gasteiger partial charge is 0.242 e. The summed E-state index contributed by atoms with van der Waals surface area (Å²) in [5.41, 5.74) is 6.39. The van der Waals surface area contributed by atoms with E-state index in [1.807, 2.05) is 6.92 Å². The summed E-state index contributed by atoms with van der Waals surface area (Å²) in [6.07, 6.45) is 0. The summed E-state index contributed by atoms with van der Waals surface area (Å²) < 4.78 is 25.2. The molecule has 0 spiro atoms. The van der Waals surface area contributed by atoms with Gasteiger partial charge in [0.2, 0.25) is 10.0 Å². The molecule has 1 aromatic rings. The minimum Gasteiger partial charge on any atom is -0.398 e. The third-order valence-electron chi connectivity index (χ3n) is 2.60. The van der Waals surface area contributed by atoms with Crippen LogP contribution in [0.1, 0.15) is 6.92 Å². The molecule has 0 aliphatic rings. The third-order valence-corrected chi connectivity index (χ3v) is 5.81. The molecule has 0 aliphatic heterocycles. The fourth-order valence-corrected chi connectivity index (χ4v) is 3.31. The van der Waals surface area contributed by atoms with Crippen LogP contribution in [0.15, 0.2) is 28.0 Å². The Morgan fingerprint density at radius 2 is 2.05 bits per heavy atom. The van der Waals surface area contributed by atoms with Gasteiger partial charge in [-0.15, -0.1) is 11.8 Å². The molecule has 0 radical (unpaired) electrons. The van der Waals surface area contributed by atoms with E-state index in [0.29, 0.717) is 11.4 Å². The summed E-state index contributed by atoms with van der Waals surface area (Å²) >= 11 is 1.45. The van der Waals surface area contributed by atoms with E-state index in [1.54, 1.807) is 12.1 Å². The Morgan fingerprint density at radius 1 is 1.42 bits per heavy atom. The van der Waals surface area contributed by atoms with E-state index >= 15 is 0 Å². The lowest BCUT2D eigenvalue weighted by atomic mass is 10.2. The molecule has 1 unspecified atom stereocenters. The first-order chi connectivity index (χ1) is 8.78. The van der Waals surface area contributed by atoms with Gasteiger partial charge in [0.05, 0.1) is 4.90 Å². The molecule has 1 atom stereocenters. The summed E-state index contributed by atoms with van der Waals surface area (Å²) in [6, 6.07) is 4.69. The molecule has 0 amide bonds. The van der Waals surface area contributed by atoms with Gasteiger partial charge in [-0.3, -0.25) is 0 Å². The number of benzene rings is 1. The van der Waals surface area contributed by atoms with Gasteiger partial charge in [0, 0.05) is 37.0 Å². The average Bonchev–Trinajstić information content (AvgIpc) is 2.36. The molecule has 1 aromatic carbocycles. The average molecular weight is 304 g/mol. The zero-order valence-corrected chi connectivity index (χ0v) is 13.0. The van der Waals surface area contributed by atoms with Gasteiger partial charge >= 0.3 is 0 Å². The molecular formula is C12H20N2O3S2. The van der Waals surface area contributed by atoms with Crippen LogP contribution in [0.2, 0.25) is 0 Å². The van der Waals surface area contributed by atoms with Crippen LogP contribution in [0.25, 0.3) is 0 Å². The SMILES string of the molecule is CC(CO)CSc1cc(S(=O)(=O)N(C)C)ccc1N. The number of aliphatic hydroxyl groups is 1. The highest BCUT2D eigenvalue weighted by molar-refractivity contribution is 7.99. The predicted octanol–water partition coefficient (Wildman–Crippen LogP) is 1.24. The van der Waals surface area contributed by atoms with E-state index < -0.39 is 10.0 Å². The number of nitrogen functional groups attached to an aromatic ring is 1. The number of nitrogens with zero attached hydrogens (tertiary/aromatic N) is 1. The van der Waals surface area contributed by atoms with Gasteiger partial charge in [-0.2, -0.15) is 0 Å². The molecule has 1 rings (SSSR count). The zero-order chi connectivity index (χ0) is 14.6. The van der Waals surface area contributed by atoms with E-state index in [1.165, 1.54) is 36.2 Å². The Morgan fingerprint density at radius 3 is 2.58 bits per heavy atom. The molecule has 0 aliphatic carbocycles. The molecule has 0 bridgehead atoms. The van der Waals surface area contributed by atoms with Crippen LogP contribution in [-0.4, -0.2) is 44.3 Å². The number of thioether (sulfide) groups is 1. The van der Waals surface area contributed by atoms with Crippen molar-refractivity contribution in [1.29, 1.82) is 0 Å². The van der Waals surface area contributed by atoms with Crippen molar-refractivity contribution in [2.75, 3.05) is 32.2 Å². The zero-order valence-electron chi connectivity index (χ0n) is 11.3. The Labute approximate surface area is 118 Å². The highest BCUT2D eigenvalue weighted by Crippen LogP contribution is 2.29. The lowest BCUT2D eigenvalue weighted by molar-refractivity contribution is 0.250. The summed E-state index contributed by atoms with van der Waals surface area (Å²) in [7, 11) is -0.460. The summed E-state index contributed by atoms with van der Waals surface area (Å²) in [5.74, 6) is 0.824. The molecule has 0 aromatic heterocycles. The van der Waals surface area contributed by atoms with Gasteiger partial charge in [-0.1, -0.05) is 6.92 Å². The van der Waals surface area contributed by atoms with E-state index in [-0.39, 0.29) is 17.4 Å². The second-order valence-corrected chi connectivity index (χ2v) is 7.80. The fraction of sp³-hybridized carbons (Fsp3) is 0.500. The Hall–Kier alpha value is -0.760. The predicted molar refractivity (Wildman–Crippen MR) is 78.7 cm³/mol. The Bertz CT molecular complexity index is 530. The van der Waals surface area contributed by atoms with E-state index in [0.717, 1.165) is 4.90 Å². The lowest BCUT2D eigenvalue weighted by Gasteiger charge is -2.14. The van der Waals surface area contributed by atoms with E-state index in [2.05, 4.69) is 0 Å². The largest absolute Gasteiger partial charge is 0.398 e. The van der Waals surface area contributed by atoms with Gasteiger partial charge in [0.25, 0.3) is 0 Å². The minimum absolute atomic E-state index is 0.0998. The van der Waals surface area contributed by atoms with Gasteiger partial charge in [0.15, 0.2) is 0 Å². The molecule has 0 heterocycles. The highest BCUT2D eigenvalue weighted by atomic mass is 32.2. The number of hydrogen-bond acceptors (Lipinski definition) is 5. The van der Waals surface area contributed by atoms with Crippen molar-refractivity contribution in [2.24, 2.45) is 5.92 Å². The molecule has 0 saturated carbocycles. The normalized spacial score (nSPS) is 13.7. The summed E-state index contributed by atoms with van der Waals surface area (Å²) in [6.45, 7) is 2.02. The second kappa shape index (κ2) is 6.60. The maximum Gasteiger partial charge on any atom is 0.242 e. The molecule has 0 fully saturated rings. The highest BCUT2D eigenvalue weighted by Gasteiger charge is 2.18. The molecule has 0 saturated heterocycles. The molecule has 108 valence electrons. The standard InChI is InChI=1S/C12H20N2O3S2/c1-9(7-15)8-18-12-6-10(4-5-11(12)13)19(16,17)14(2)3/h4-6,9,15H,7-8,13H2,1-3H3. The van der Waals surface area contributed by atoms with Crippen molar-refractivity contribution in [3.8, 4) is 0 Å². The molecule has 3 N–H and O–H groups in total. The van der Waals surface area contributed by atoms with Crippen molar-refractivity contribution in [3.05, 3.63) is 18.2 Å². The third kappa shape index (κ3) is 4.10. The minimum atomic E-state index is -3.45. The van der Waals surface area contributed by atoms with Gasteiger partial charge in [-0.25, -0.2) is 12.7 Å². The van der Waals surface area contributed by atoms with Crippen molar-refractivity contribution < 1.29 is 13.5 Å². The number of rotatable bonds is 6. The van der Waals surface area contributed by atoms with Crippen molar-refractivity contribution in [2.45, 2.75) is 16.7 Å². The molecule has 7 heteroatoms. The van der Waals surface area contributed by atoms with Crippen LogP contribution in [-0.2, 0) is 10.0 Å². The fourth-order valence-electron chi connectivity index (χ4n) is 1.30. The van der Waals surface area contributed by atoms with E-state index in [4.69, 9.17) is 10.8 Å². The molecule has 19 heavy (non-hydrogen) atoms. The topological polar surface area (TPSA) is 83.6 Å². The first-order valence-electron chi connectivity index (χ1n) is 5.84. The second-order valence-electron chi connectivity index (χ2n) is 4.59. The molecule has 5 nitrogen and oxygen atoms in total. The number of anilines is 1. The Kier molecular flexibility index (Phi) is 5.66.